The number of carbonyl (C=O) groups is 1. The van der Waals surface area contributed by atoms with Gasteiger partial charge in [0.05, 0.1) is 11.5 Å². The van der Waals surface area contributed by atoms with Crippen LogP contribution < -0.4 is 15.6 Å². The lowest BCUT2D eigenvalue weighted by molar-refractivity contribution is -0.122. The van der Waals surface area contributed by atoms with E-state index in [1.54, 1.807) is 12.3 Å². The van der Waals surface area contributed by atoms with Crippen LogP contribution in [0.2, 0.25) is 0 Å². The predicted molar refractivity (Wildman–Crippen MR) is 116 cm³/mol. The van der Waals surface area contributed by atoms with E-state index in [9.17, 15) is 9.59 Å². The van der Waals surface area contributed by atoms with Crippen LogP contribution in [0.5, 0.6) is 5.75 Å². The zero-order valence-electron chi connectivity index (χ0n) is 16.8. The van der Waals surface area contributed by atoms with Gasteiger partial charge in [0.2, 0.25) is 5.91 Å². The molecule has 0 aliphatic rings. The number of amides is 1. The SMILES string of the molecule is CC(C)NC(=O)Cn1c(-c2cccc(OC(C)C)c2)nc2ncc(Br)cc2c1=O. The molecule has 1 amide bonds. The third kappa shape index (κ3) is 5.00. The molecule has 0 aliphatic carbocycles. The summed E-state index contributed by atoms with van der Waals surface area (Å²) < 4.78 is 7.81. The van der Waals surface area contributed by atoms with Gasteiger partial charge in [0.15, 0.2) is 5.65 Å². The second-order valence-corrected chi connectivity index (χ2v) is 8.18. The molecule has 0 saturated heterocycles. The summed E-state index contributed by atoms with van der Waals surface area (Å²) in [6.07, 6.45) is 1.60. The van der Waals surface area contributed by atoms with Crippen LogP contribution in [-0.2, 0) is 11.3 Å². The van der Waals surface area contributed by atoms with Gasteiger partial charge in [-0.25, -0.2) is 9.97 Å². The van der Waals surface area contributed by atoms with E-state index in [4.69, 9.17) is 4.74 Å². The Kier molecular flexibility index (Phi) is 6.32. The van der Waals surface area contributed by atoms with Gasteiger partial charge < -0.3 is 10.1 Å². The minimum absolute atomic E-state index is 0.00726. The number of nitrogens with one attached hydrogen (secondary N) is 1. The Morgan fingerprint density at radius 1 is 1.24 bits per heavy atom. The van der Waals surface area contributed by atoms with E-state index >= 15 is 0 Å². The molecule has 0 unspecified atom stereocenters. The van der Waals surface area contributed by atoms with Crippen molar-refractivity contribution in [1.82, 2.24) is 19.9 Å². The highest BCUT2D eigenvalue weighted by atomic mass is 79.9. The zero-order chi connectivity index (χ0) is 21.1. The maximum atomic E-state index is 13.2. The Labute approximate surface area is 177 Å². The van der Waals surface area contributed by atoms with Gasteiger partial charge in [-0.3, -0.25) is 14.2 Å². The third-order valence-corrected chi connectivity index (χ3v) is 4.43. The van der Waals surface area contributed by atoms with Crippen molar-refractivity contribution in [2.75, 3.05) is 0 Å². The van der Waals surface area contributed by atoms with Crippen molar-refractivity contribution >= 4 is 32.9 Å². The van der Waals surface area contributed by atoms with Crippen molar-refractivity contribution in [2.45, 2.75) is 46.4 Å². The molecule has 0 aliphatic heterocycles. The summed E-state index contributed by atoms with van der Waals surface area (Å²) in [7, 11) is 0. The highest BCUT2D eigenvalue weighted by molar-refractivity contribution is 9.10. The van der Waals surface area contributed by atoms with Crippen LogP contribution in [0.1, 0.15) is 27.7 Å². The number of rotatable bonds is 6. The fraction of sp³-hybridized carbons (Fsp3) is 0.333. The van der Waals surface area contributed by atoms with E-state index in [0.717, 1.165) is 0 Å². The van der Waals surface area contributed by atoms with Crippen molar-refractivity contribution in [3.63, 3.8) is 0 Å². The highest BCUT2D eigenvalue weighted by Gasteiger charge is 2.17. The number of fused-ring (bicyclic) bond motifs is 1. The first-order valence-electron chi connectivity index (χ1n) is 9.37. The molecule has 8 heteroatoms. The zero-order valence-corrected chi connectivity index (χ0v) is 18.4. The van der Waals surface area contributed by atoms with Crippen molar-refractivity contribution in [1.29, 1.82) is 0 Å². The molecule has 0 radical (unpaired) electrons. The van der Waals surface area contributed by atoms with Gasteiger partial charge in [0, 0.05) is 22.3 Å². The molecule has 0 spiro atoms. The predicted octanol–water partition coefficient (Wildman–Crippen LogP) is 3.53. The van der Waals surface area contributed by atoms with Crippen LogP contribution in [0.4, 0.5) is 0 Å². The van der Waals surface area contributed by atoms with Gasteiger partial charge in [-0.05, 0) is 61.8 Å². The number of ether oxygens (including phenoxy) is 1. The number of carbonyl (C=O) groups excluding carboxylic acids is 1. The summed E-state index contributed by atoms with van der Waals surface area (Å²) in [6.45, 7) is 7.48. The second kappa shape index (κ2) is 8.73. The second-order valence-electron chi connectivity index (χ2n) is 7.27. The smallest absolute Gasteiger partial charge is 0.263 e. The molecule has 2 aromatic heterocycles. The summed E-state index contributed by atoms with van der Waals surface area (Å²) >= 11 is 3.34. The molecule has 1 N–H and O–H groups in total. The molecule has 0 bridgehead atoms. The Morgan fingerprint density at radius 2 is 2.00 bits per heavy atom. The largest absolute Gasteiger partial charge is 0.491 e. The molecule has 1 aromatic carbocycles. The maximum absolute atomic E-state index is 13.2. The van der Waals surface area contributed by atoms with Crippen molar-refractivity contribution < 1.29 is 9.53 Å². The average molecular weight is 459 g/mol. The van der Waals surface area contributed by atoms with E-state index in [2.05, 4.69) is 31.2 Å². The number of hydrogen-bond acceptors (Lipinski definition) is 5. The minimum atomic E-state index is -0.326. The lowest BCUT2D eigenvalue weighted by Gasteiger charge is -2.16. The van der Waals surface area contributed by atoms with Gasteiger partial charge in [-0.1, -0.05) is 12.1 Å². The molecule has 2 heterocycles. The number of aromatic nitrogens is 3. The Balaban J connectivity index is 2.19. The number of halogens is 1. The summed E-state index contributed by atoms with van der Waals surface area (Å²) in [5.41, 5.74) is 0.668. The standard InChI is InChI=1S/C21H23BrN4O3/c1-12(2)24-18(27)11-26-20(14-6-5-7-16(8-14)29-13(3)4)25-19-17(21(26)28)9-15(22)10-23-19/h5-10,12-13H,11H2,1-4H3,(H,24,27). The van der Waals surface area contributed by atoms with Gasteiger partial charge in [0.1, 0.15) is 18.1 Å². The monoisotopic (exact) mass is 458 g/mol. The van der Waals surface area contributed by atoms with E-state index in [1.165, 1.54) is 4.57 Å². The van der Waals surface area contributed by atoms with E-state index < -0.39 is 0 Å². The Bertz CT molecular complexity index is 1110. The van der Waals surface area contributed by atoms with Crippen LogP contribution in [0.15, 0.2) is 45.8 Å². The fourth-order valence-electron chi connectivity index (χ4n) is 2.94. The Hall–Kier alpha value is -2.74. The van der Waals surface area contributed by atoms with Crippen LogP contribution in [-0.4, -0.2) is 32.6 Å². The molecular weight excluding hydrogens is 436 g/mol. The third-order valence-electron chi connectivity index (χ3n) is 3.99. The van der Waals surface area contributed by atoms with Crippen LogP contribution in [0.3, 0.4) is 0 Å². The van der Waals surface area contributed by atoms with Crippen molar-refractivity contribution in [3.05, 3.63) is 51.4 Å². The lowest BCUT2D eigenvalue weighted by atomic mass is 10.2. The van der Waals surface area contributed by atoms with Gasteiger partial charge >= 0.3 is 0 Å². The first kappa shape index (κ1) is 21.0. The molecule has 3 aromatic rings. The van der Waals surface area contributed by atoms with Crippen LogP contribution in [0.25, 0.3) is 22.4 Å². The number of pyridine rings is 1. The van der Waals surface area contributed by atoms with E-state index in [-0.39, 0.29) is 30.2 Å². The molecule has 0 fully saturated rings. The summed E-state index contributed by atoms with van der Waals surface area (Å²) in [4.78, 5) is 34.5. The number of hydrogen-bond donors (Lipinski definition) is 1. The lowest BCUT2D eigenvalue weighted by Crippen LogP contribution is -2.37. The topological polar surface area (TPSA) is 86.1 Å². The van der Waals surface area contributed by atoms with Crippen molar-refractivity contribution in [3.8, 4) is 17.1 Å². The van der Waals surface area contributed by atoms with Crippen LogP contribution >= 0.6 is 15.9 Å². The van der Waals surface area contributed by atoms with Crippen molar-refractivity contribution in [2.24, 2.45) is 0 Å². The van der Waals surface area contributed by atoms with E-state index in [0.29, 0.717) is 32.6 Å². The number of benzene rings is 1. The molecule has 3 rings (SSSR count). The normalized spacial score (nSPS) is 11.3. The summed E-state index contributed by atoms with van der Waals surface area (Å²) in [5, 5.41) is 3.16. The van der Waals surface area contributed by atoms with Gasteiger partial charge in [-0.15, -0.1) is 0 Å². The first-order chi connectivity index (χ1) is 13.7. The molecule has 152 valence electrons. The van der Waals surface area contributed by atoms with Gasteiger partial charge in [-0.2, -0.15) is 0 Å². The highest BCUT2D eigenvalue weighted by Crippen LogP contribution is 2.24. The Morgan fingerprint density at radius 3 is 2.69 bits per heavy atom. The fourth-order valence-corrected chi connectivity index (χ4v) is 3.27. The van der Waals surface area contributed by atoms with E-state index in [1.807, 2.05) is 52.0 Å². The molecule has 0 saturated carbocycles. The quantitative estimate of drug-likeness (QED) is 0.610. The first-order valence-corrected chi connectivity index (χ1v) is 10.2. The summed E-state index contributed by atoms with van der Waals surface area (Å²) in [6, 6.07) is 8.94. The van der Waals surface area contributed by atoms with Gasteiger partial charge in [0.25, 0.3) is 5.56 Å². The van der Waals surface area contributed by atoms with Crippen LogP contribution in [0, 0.1) is 0 Å². The molecule has 29 heavy (non-hydrogen) atoms. The maximum Gasteiger partial charge on any atom is 0.263 e. The minimum Gasteiger partial charge on any atom is -0.491 e. The molecule has 7 nitrogen and oxygen atoms in total. The molecule has 0 atom stereocenters. The number of nitrogens with zero attached hydrogens (tertiary/aromatic N) is 3. The summed E-state index contributed by atoms with van der Waals surface area (Å²) in [5.74, 6) is 0.765. The molecular formula is C21H23BrN4O3. The average Bonchev–Trinajstić information content (AvgIpc) is 2.63.